The minimum absolute atomic E-state index is 0.298. The summed E-state index contributed by atoms with van der Waals surface area (Å²) in [6, 6.07) is 18.3. The Balaban J connectivity index is 1.41. The zero-order valence-electron chi connectivity index (χ0n) is 16.1. The molecule has 146 valence electrons. The quantitative estimate of drug-likeness (QED) is 0.607. The summed E-state index contributed by atoms with van der Waals surface area (Å²) in [5.41, 5.74) is 1.27. The molecule has 1 aromatic heterocycles. The number of ether oxygens (including phenoxy) is 2. The fourth-order valence-electron chi connectivity index (χ4n) is 3.66. The molecule has 1 saturated heterocycles. The Kier molecular flexibility index (Phi) is 5.87. The lowest BCUT2D eigenvalue weighted by molar-refractivity contribution is 0.123. The zero-order chi connectivity index (χ0) is 19.2. The first-order valence-electron chi connectivity index (χ1n) is 9.69. The number of para-hydroxylation sites is 1. The van der Waals surface area contributed by atoms with Crippen LogP contribution in [0.5, 0.6) is 11.5 Å². The van der Waals surface area contributed by atoms with Gasteiger partial charge in [-0.3, -0.25) is 4.90 Å². The molecule has 0 N–H and O–H groups in total. The summed E-state index contributed by atoms with van der Waals surface area (Å²) in [5, 5.41) is 4.06. The van der Waals surface area contributed by atoms with Gasteiger partial charge in [0.2, 0.25) is 11.7 Å². The van der Waals surface area contributed by atoms with E-state index >= 15 is 0 Å². The largest absolute Gasteiger partial charge is 0.497 e. The minimum atomic E-state index is 0.298. The molecule has 0 radical (unpaired) electrons. The third-order valence-electron chi connectivity index (χ3n) is 5.05. The van der Waals surface area contributed by atoms with Gasteiger partial charge in [-0.15, -0.1) is 0 Å². The molecule has 0 amide bonds. The van der Waals surface area contributed by atoms with Crippen LogP contribution in [0, 0.1) is 0 Å². The summed E-state index contributed by atoms with van der Waals surface area (Å²) in [6.07, 6.45) is 3.52. The monoisotopic (exact) mass is 379 g/mol. The molecule has 6 nitrogen and oxygen atoms in total. The number of nitrogens with zero attached hydrogens (tertiary/aromatic N) is 3. The number of piperidine rings is 1. The van der Waals surface area contributed by atoms with Gasteiger partial charge in [-0.25, -0.2) is 0 Å². The van der Waals surface area contributed by atoms with Gasteiger partial charge in [0.05, 0.1) is 13.7 Å². The highest BCUT2D eigenvalue weighted by Crippen LogP contribution is 2.33. The number of aromatic nitrogens is 2. The molecule has 0 saturated carbocycles. The van der Waals surface area contributed by atoms with Crippen molar-refractivity contribution >= 4 is 0 Å². The molecule has 2 aromatic carbocycles. The molecule has 1 atom stereocenters. The second-order valence-corrected chi connectivity index (χ2v) is 6.96. The second kappa shape index (κ2) is 8.89. The van der Waals surface area contributed by atoms with Crippen LogP contribution >= 0.6 is 0 Å². The van der Waals surface area contributed by atoms with Crippen molar-refractivity contribution in [3.63, 3.8) is 0 Å². The summed E-state index contributed by atoms with van der Waals surface area (Å²) in [6.45, 7) is 1.95. The van der Waals surface area contributed by atoms with E-state index in [9.17, 15) is 0 Å². The van der Waals surface area contributed by atoms with Crippen molar-refractivity contribution < 1.29 is 14.0 Å². The predicted octanol–water partition coefficient (Wildman–Crippen LogP) is 4.38. The van der Waals surface area contributed by atoms with Crippen molar-refractivity contribution in [1.29, 1.82) is 0 Å². The number of hydrogen-bond donors (Lipinski definition) is 0. The first kappa shape index (κ1) is 18.5. The highest BCUT2D eigenvalue weighted by atomic mass is 16.5. The molecule has 0 spiro atoms. The zero-order valence-corrected chi connectivity index (χ0v) is 16.1. The number of likely N-dealkylation sites (tertiary alicyclic amines) is 1. The van der Waals surface area contributed by atoms with Crippen molar-refractivity contribution in [2.45, 2.75) is 38.5 Å². The lowest BCUT2D eigenvalue weighted by atomic mass is 9.95. The first-order valence-corrected chi connectivity index (χ1v) is 9.69. The number of rotatable bonds is 7. The van der Waals surface area contributed by atoms with Gasteiger partial charge < -0.3 is 14.0 Å². The fourth-order valence-corrected chi connectivity index (χ4v) is 3.66. The number of hydrogen-bond acceptors (Lipinski definition) is 6. The molecule has 0 aliphatic carbocycles. The molecule has 3 aromatic rings. The van der Waals surface area contributed by atoms with Crippen molar-refractivity contribution in [2.75, 3.05) is 13.7 Å². The number of methoxy groups -OCH3 is 1. The summed E-state index contributed by atoms with van der Waals surface area (Å²) in [4.78, 5) is 6.92. The smallest absolute Gasteiger partial charge is 0.240 e. The molecule has 1 aliphatic rings. The molecule has 2 heterocycles. The predicted molar refractivity (Wildman–Crippen MR) is 105 cm³/mol. The highest BCUT2D eigenvalue weighted by molar-refractivity contribution is 5.30. The van der Waals surface area contributed by atoms with E-state index in [2.05, 4.69) is 27.2 Å². The Bertz CT molecular complexity index is 881. The van der Waals surface area contributed by atoms with E-state index in [1.165, 1.54) is 18.4 Å². The van der Waals surface area contributed by atoms with Crippen LogP contribution in [0.15, 0.2) is 59.1 Å². The van der Waals surface area contributed by atoms with Crippen LogP contribution in [0.25, 0.3) is 0 Å². The van der Waals surface area contributed by atoms with Crippen molar-refractivity contribution in [3.8, 4) is 11.5 Å². The van der Waals surface area contributed by atoms with Gasteiger partial charge in [0.25, 0.3) is 0 Å². The van der Waals surface area contributed by atoms with E-state index in [-0.39, 0.29) is 0 Å². The Morgan fingerprint density at radius 2 is 1.93 bits per heavy atom. The molecule has 6 heteroatoms. The SMILES string of the molecule is COc1cccc(C2CCCCN2Cc2nc(COc3ccccc3)no2)c1. The van der Waals surface area contributed by atoms with E-state index in [1.54, 1.807) is 7.11 Å². The van der Waals surface area contributed by atoms with Crippen LogP contribution < -0.4 is 9.47 Å². The van der Waals surface area contributed by atoms with Gasteiger partial charge in [0.15, 0.2) is 6.61 Å². The molecule has 1 fully saturated rings. The normalized spacial score (nSPS) is 17.4. The summed E-state index contributed by atoms with van der Waals surface area (Å²) >= 11 is 0. The number of benzene rings is 2. The summed E-state index contributed by atoms with van der Waals surface area (Å²) in [7, 11) is 1.70. The Labute approximate surface area is 165 Å². The summed E-state index contributed by atoms with van der Waals surface area (Å²) in [5.74, 6) is 2.87. The lowest BCUT2D eigenvalue weighted by Gasteiger charge is -2.35. The van der Waals surface area contributed by atoms with E-state index in [0.717, 1.165) is 24.5 Å². The Morgan fingerprint density at radius 3 is 2.79 bits per heavy atom. The van der Waals surface area contributed by atoms with E-state index in [4.69, 9.17) is 14.0 Å². The maximum Gasteiger partial charge on any atom is 0.240 e. The van der Waals surface area contributed by atoms with Crippen LogP contribution in [0.1, 0.15) is 42.6 Å². The maximum absolute atomic E-state index is 5.70. The van der Waals surface area contributed by atoms with Crippen molar-refractivity contribution in [1.82, 2.24) is 15.0 Å². The molecular weight excluding hydrogens is 354 g/mol. The minimum Gasteiger partial charge on any atom is -0.497 e. The van der Waals surface area contributed by atoms with Gasteiger partial charge >= 0.3 is 0 Å². The molecule has 28 heavy (non-hydrogen) atoms. The van der Waals surface area contributed by atoms with Crippen LogP contribution in [0.4, 0.5) is 0 Å². The third-order valence-corrected chi connectivity index (χ3v) is 5.05. The van der Waals surface area contributed by atoms with E-state index in [1.807, 2.05) is 42.5 Å². The molecule has 1 unspecified atom stereocenters. The van der Waals surface area contributed by atoms with Crippen LogP contribution in [0.2, 0.25) is 0 Å². The first-order chi connectivity index (χ1) is 13.8. The highest BCUT2D eigenvalue weighted by Gasteiger charge is 2.26. The maximum atomic E-state index is 5.70. The van der Waals surface area contributed by atoms with Crippen molar-refractivity contribution in [2.24, 2.45) is 0 Å². The van der Waals surface area contributed by atoms with Gasteiger partial charge in [-0.2, -0.15) is 4.98 Å². The lowest BCUT2D eigenvalue weighted by Crippen LogP contribution is -2.33. The molecule has 0 bridgehead atoms. The fraction of sp³-hybridized carbons (Fsp3) is 0.364. The van der Waals surface area contributed by atoms with Gasteiger partial charge in [-0.05, 0) is 49.2 Å². The topological polar surface area (TPSA) is 60.6 Å². The molecule has 4 rings (SSSR count). The standard InChI is InChI=1S/C22H25N3O3/c1-26-19-11-7-8-17(14-19)20-12-5-6-13-25(20)15-22-23-21(24-28-22)16-27-18-9-3-2-4-10-18/h2-4,7-11,14,20H,5-6,12-13,15-16H2,1H3. The summed E-state index contributed by atoms with van der Waals surface area (Å²) < 4.78 is 16.6. The third kappa shape index (κ3) is 4.51. The van der Waals surface area contributed by atoms with Gasteiger partial charge in [0, 0.05) is 6.04 Å². The average Bonchev–Trinajstić information content (AvgIpc) is 3.21. The van der Waals surface area contributed by atoms with Crippen molar-refractivity contribution in [3.05, 3.63) is 71.9 Å². The molecular formula is C22H25N3O3. The van der Waals surface area contributed by atoms with Crippen LogP contribution in [0.3, 0.4) is 0 Å². The van der Waals surface area contributed by atoms with E-state index in [0.29, 0.717) is 30.9 Å². The second-order valence-electron chi connectivity index (χ2n) is 6.96. The van der Waals surface area contributed by atoms with Gasteiger partial charge in [-0.1, -0.05) is 41.9 Å². The van der Waals surface area contributed by atoms with Crippen LogP contribution in [-0.2, 0) is 13.2 Å². The van der Waals surface area contributed by atoms with Gasteiger partial charge in [0.1, 0.15) is 11.5 Å². The Morgan fingerprint density at radius 1 is 1.07 bits per heavy atom. The molecule has 1 aliphatic heterocycles. The van der Waals surface area contributed by atoms with E-state index < -0.39 is 0 Å². The average molecular weight is 379 g/mol. The Hall–Kier alpha value is -2.86. The van der Waals surface area contributed by atoms with Crippen LogP contribution in [-0.4, -0.2) is 28.7 Å².